The zero-order chi connectivity index (χ0) is 24.7. The quantitative estimate of drug-likeness (QED) is 0.427. The Labute approximate surface area is 200 Å². The number of imide groups is 2. The Balaban J connectivity index is 1.79. The number of carboxylic acids is 1. The van der Waals surface area contributed by atoms with Gasteiger partial charge >= 0.3 is 12.0 Å². The van der Waals surface area contributed by atoms with E-state index in [-0.39, 0.29) is 16.2 Å². The maximum atomic E-state index is 13.2. The fraction of sp³-hybridized carbons (Fsp3) is 0.120. The Morgan fingerprint density at radius 3 is 2.41 bits per heavy atom. The SMILES string of the molecule is Cc1ccccc1N1C(=O)NC(=O)/C(=C\c2cc(C)n(-c3ccc(Cl)c(C(=O)O)c3)c2C)C1=O. The lowest BCUT2D eigenvalue weighted by molar-refractivity contribution is -0.122. The van der Waals surface area contributed by atoms with Crippen LogP contribution in [0.2, 0.25) is 5.02 Å². The summed E-state index contributed by atoms with van der Waals surface area (Å²) in [7, 11) is 0. The molecule has 0 bridgehead atoms. The normalized spacial score (nSPS) is 15.1. The highest BCUT2D eigenvalue weighted by Crippen LogP contribution is 2.28. The number of aryl methyl sites for hydroxylation is 2. The summed E-state index contributed by atoms with van der Waals surface area (Å²) in [6.45, 7) is 5.36. The van der Waals surface area contributed by atoms with Gasteiger partial charge in [0.15, 0.2) is 0 Å². The Hall–Kier alpha value is -4.17. The molecule has 0 unspecified atom stereocenters. The predicted octanol–water partition coefficient (Wildman–Crippen LogP) is 4.42. The Bertz CT molecular complexity index is 1420. The van der Waals surface area contributed by atoms with Crippen LogP contribution in [0.15, 0.2) is 54.1 Å². The van der Waals surface area contributed by atoms with Gasteiger partial charge in [0.1, 0.15) is 5.57 Å². The molecule has 0 saturated carbocycles. The van der Waals surface area contributed by atoms with Gasteiger partial charge in [-0.3, -0.25) is 14.9 Å². The minimum absolute atomic E-state index is 0.0409. The third-order valence-corrected chi connectivity index (χ3v) is 6.00. The van der Waals surface area contributed by atoms with Gasteiger partial charge in [-0.2, -0.15) is 0 Å². The second-order valence-electron chi connectivity index (χ2n) is 7.88. The fourth-order valence-corrected chi connectivity index (χ4v) is 4.19. The van der Waals surface area contributed by atoms with Crippen molar-refractivity contribution in [3.05, 3.63) is 87.2 Å². The molecule has 4 amide bonds. The van der Waals surface area contributed by atoms with Gasteiger partial charge in [0.25, 0.3) is 11.8 Å². The van der Waals surface area contributed by atoms with Gasteiger partial charge < -0.3 is 9.67 Å². The number of anilines is 1. The molecule has 0 aliphatic carbocycles. The van der Waals surface area contributed by atoms with Crippen LogP contribution in [0.5, 0.6) is 0 Å². The van der Waals surface area contributed by atoms with Crippen LogP contribution in [0.3, 0.4) is 0 Å². The molecule has 1 aromatic heterocycles. The molecule has 0 radical (unpaired) electrons. The second kappa shape index (κ2) is 8.64. The monoisotopic (exact) mass is 477 g/mol. The highest BCUT2D eigenvalue weighted by molar-refractivity contribution is 6.39. The van der Waals surface area contributed by atoms with Crippen molar-refractivity contribution in [2.75, 3.05) is 4.90 Å². The number of carbonyl (C=O) groups is 4. The van der Waals surface area contributed by atoms with Crippen LogP contribution in [0, 0.1) is 20.8 Å². The molecule has 4 rings (SSSR count). The first kappa shape index (κ1) is 23.0. The van der Waals surface area contributed by atoms with E-state index in [1.54, 1.807) is 54.8 Å². The number of aromatic nitrogens is 1. The zero-order valence-electron chi connectivity index (χ0n) is 18.5. The summed E-state index contributed by atoms with van der Waals surface area (Å²) in [5.41, 5.74) is 3.42. The van der Waals surface area contributed by atoms with Crippen molar-refractivity contribution in [2.24, 2.45) is 0 Å². The van der Waals surface area contributed by atoms with Crippen molar-refractivity contribution in [1.82, 2.24) is 9.88 Å². The number of halogens is 1. The molecule has 0 spiro atoms. The lowest BCUT2D eigenvalue weighted by Crippen LogP contribution is -2.54. The van der Waals surface area contributed by atoms with E-state index in [1.807, 2.05) is 6.92 Å². The van der Waals surface area contributed by atoms with E-state index >= 15 is 0 Å². The topological polar surface area (TPSA) is 109 Å². The average molecular weight is 478 g/mol. The second-order valence-corrected chi connectivity index (χ2v) is 8.28. The highest BCUT2D eigenvalue weighted by atomic mass is 35.5. The zero-order valence-corrected chi connectivity index (χ0v) is 19.3. The molecule has 2 aromatic carbocycles. The Morgan fingerprint density at radius 2 is 1.74 bits per heavy atom. The largest absolute Gasteiger partial charge is 0.478 e. The molecule has 1 aliphatic heterocycles. The molecule has 1 aliphatic rings. The molecule has 2 N–H and O–H groups in total. The van der Waals surface area contributed by atoms with Crippen molar-refractivity contribution in [3.8, 4) is 5.69 Å². The number of carboxylic acid groups (broad SMARTS) is 1. The van der Waals surface area contributed by atoms with E-state index in [0.29, 0.717) is 28.2 Å². The molecule has 8 nitrogen and oxygen atoms in total. The van der Waals surface area contributed by atoms with Gasteiger partial charge in [-0.25, -0.2) is 14.5 Å². The van der Waals surface area contributed by atoms with Crippen LogP contribution in [0.1, 0.15) is 32.9 Å². The number of rotatable bonds is 4. The number of benzene rings is 2. The number of carbonyl (C=O) groups excluding carboxylic acids is 3. The van der Waals surface area contributed by atoms with Crippen LogP contribution in [-0.4, -0.2) is 33.5 Å². The molecular weight excluding hydrogens is 458 g/mol. The minimum Gasteiger partial charge on any atom is -0.478 e. The number of aromatic carboxylic acids is 1. The molecule has 172 valence electrons. The first-order valence-corrected chi connectivity index (χ1v) is 10.7. The lowest BCUT2D eigenvalue weighted by atomic mass is 10.1. The Kier molecular flexibility index (Phi) is 5.85. The van der Waals surface area contributed by atoms with Gasteiger partial charge in [-0.15, -0.1) is 0 Å². The number of hydrogen-bond donors (Lipinski definition) is 2. The number of nitrogens with one attached hydrogen (secondary N) is 1. The third-order valence-electron chi connectivity index (χ3n) is 5.67. The molecule has 2 heterocycles. The van der Waals surface area contributed by atoms with E-state index in [2.05, 4.69) is 5.32 Å². The minimum atomic E-state index is -1.15. The molecule has 0 atom stereocenters. The fourth-order valence-electron chi connectivity index (χ4n) is 3.99. The van der Waals surface area contributed by atoms with Gasteiger partial charge in [-0.1, -0.05) is 29.8 Å². The molecule has 1 saturated heterocycles. The van der Waals surface area contributed by atoms with Crippen LogP contribution in [0.4, 0.5) is 10.5 Å². The van der Waals surface area contributed by atoms with Gasteiger partial charge in [0.05, 0.1) is 16.3 Å². The Morgan fingerprint density at radius 1 is 1.03 bits per heavy atom. The van der Waals surface area contributed by atoms with Gasteiger partial charge in [-0.05, 0) is 68.3 Å². The maximum absolute atomic E-state index is 13.2. The van der Waals surface area contributed by atoms with E-state index in [4.69, 9.17) is 11.6 Å². The summed E-state index contributed by atoms with van der Waals surface area (Å²) in [4.78, 5) is 50.7. The molecule has 1 fully saturated rings. The summed E-state index contributed by atoms with van der Waals surface area (Å²) in [5, 5.41) is 11.7. The van der Waals surface area contributed by atoms with E-state index < -0.39 is 23.8 Å². The van der Waals surface area contributed by atoms with Gasteiger partial charge in [0, 0.05) is 17.1 Å². The van der Waals surface area contributed by atoms with Crippen LogP contribution < -0.4 is 10.2 Å². The lowest BCUT2D eigenvalue weighted by Gasteiger charge is -2.27. The number of urea groups is 1. The van der Waals surface area contributed by atoms with Crippen molar-refractivity contribution < 1.29 is 24.3 Å². The predicted molar refractivity (Wildman–Crippen MR) is 127 cm³/mol. The summed E-state index contributed by atoms with van der Waals surface area (Å²) in [6, 6.07) is 12.5. The van der Waals surface area contributed by atoms with E-state index in [0.717, 1.165) is 10.6 Å². The molecular formula is C25H20ClN3O5. The number of hydrogen-bond acceptors (Lipinski definition) is 4. The number of para-hydroxylation sites is 1. The number of barbiturate groups is 1. The third kappa shape index (κ3) is 3.88. The van der Waals surface area contributed by atoms with Crippen molar-refractivity contribution in [3.63, 3.8) is 0 Å². The number of nitrogens with zero attached hydrogens (tertiary/aromatic N) is 2. The van der Waals surface area contributed by atoms with Crippen LogP contribution >= 0.6 is 11.6 Å². The summed E-state index contributed by atoms with van der Waals surface area (Å²) >= 11 is 6.00. The van der Waals surface area contributed by atoms with E-state index in [9.17, 15) is 24.3 Å². The van der Waals surface area contributed by atoms with Crippen molar-refractivity contribution >= 4 is 47.2 Å². The van der Waals surface area contributed by atoms with Crippen LogP contribution in [-0.2, 0) is 9.59 Å². The molecule has 34 heavy (non-hydrogen) atoms. The van der Waals surface area contributed by atoms with Crippen molar-refractivity contribution in [2.45, 2.75) is 20.8 Å². The smallest absolute Gasteiger partial charge is 0.337 e. The highest BCUT2D eigenvalue weighted by Gasteiger charge is 2.37. The average Bonchev–Trinajstić information content (AvgIpc) is 3.05. The van der Waals surface area contributed by atoms with Crippen LogP contribution in [0.25, 0.3) is 11.8 Å². The first-order valence-electron chi connectivity index (χ1n) is 10.3. The molecule has 9 heteroatoms. The summed E-state index contributed by atoms with van der Waals surface area (Å²) < 4.78 is 1.80. The van der Waals surface area contributed by atoms with E-state index in [1.165, 1.54) is 18.2 Å². The van der Waals surface area contributed by atoms with Gasteiger partial charge in [0.2, 0.25) is 0 Å². The van der Waals surface area contributed by atoms with Crippen molar-refractivity contribution in [1.29, 1.82) is 0 Å². The summed E-state index contributed by atoms with van der Waals surface area (Å²) in [6.07, 6.45) is 1.43. The molecule has 3 aromatic rings. The summed E-state index contributed by atoms with van der Waals surface area (Å²) in [5.74, 6) is -2.67. The number of amides is 4. The first-order chi connectivity index (χ1) is 16.1. The standard InChI is InChI=1S/C25H20ClN3O5/c1-13-6-4-5-7-21(13)29-23(31)19(22(30)27-25(29)34)11-16-10-14(2)28(15(16)3)17-8-9-20(26)18(12-17)24(32)33/h4-12H,1-3H3,(H,32,33)(H,27,30,34)/b19-11+. The maximum Gasteiger partial charge on any atom is 0.337 e.